The summed E-state index contributed by atoms with van der Waals surface area (Å²) in [4.78, 5) is 52.8. The van der Waals surface area contributed by atoms with Gasteiger partial charge in [0.05, 0.1) is 23.1 Å². The quantitative estimate of drug-likeness (QED) is 0.314. The second-order valence-corrected chi connectivity index (χ2v) is 8.83. The predicted molar refractivity (Wildman–Crippen MR) is 117 cm³/mol. The fourth-order valence-corrected chi connectivity index (χ4v) is 5.19. The van der Waals surface area contributed by atoms with Crippen LogP contribution in [0.3, 0.4) is 0 Å². The van der Waals surface area contributed by atoms with E-state index in [9.17, 15) is 19.2 Å². The van der Waals surface area contributed by atoms with Crippen LogP contribution in [0.1, 0.15) is 38.3 Å². The first kappa shape index (κ1) is 20.4. The molecule has 2 aromatic carbocycles. The lowest BCUT2D eigenvalue weighted by Crippen LogP contribution is -2.34. The predicted octanol–water partition coefficient (Wildman–Crippen LogP) is 3.65. The van der Waals surface area contributed by atoms with E-state index in [1.807, 2.05) is 32.1 Å². The molecule has 6 nitrogen and oxygen atoms in total. The van der Waals surface area contributed by atoms with Gasteiger partial charge in [0.2, 0.25) is 11.8 Å². The van der Waals surface area contributed by atoms with E-state index < -0.39 is 12.6 Å². The van der Waals surface area contributed by atoms with E-state index in [1.165, 1.54) is 6.07 Å². The number of ketones is 1. The highest BCUT2D eigenvalue weighted by molar-refractivity contribution is 6.24. The Morgan fingerprint density at radius 1 is 0.938 bits per heavy atom. The highest BCUT2D eigenvalue weighted by Gasteiger charge is 2.59. The standard InChI is InChI=1S/C26H23NO5/c1-14-7-8-16(11-15(14)2)21(28)13-32-26(31)19-5-3-4-6-20(19)27-24(29)22-17-9-10-18(12-17)23(22)25(27)30/h3-11,17-18,22-23H,12-13H2,1-2H3/t17-,18-,22+,23+/m0/s1. The number of allylic oxidation sites excluding steroid dienone is 2. The number of imide groups is 1. The van der Waals surface area contributed by atoms with Gasteiger partial charge in [-0.1, -0.05) is 36.4 Å². The van der Waals surface area contributed by atoms with Crippen LogP contribution in [0.15, 0.2) is 54.6 Å². The number of carbonyl (C=O) groups is 4. The molecule has 32 heavy (non-hydrogen) atoms. The first-order valence-corrected chi connectivity index (χ1v) is 10.8. The summed E-state index contributed by atoms with van der Waals surface area (Å²) < 4.78 is 5.28. The Labute approximate surface area is 185 Å². The number of para-hydroxylation sites is 1. The van der Waals surface area contributed by atoms with Crippen molar-refractivity contribution in [2.45, 2.75) is 20.3 Å². The van der Waals surface area contributed by atoms with Gasteiger partial charge in [-0.05, 0) is 61.4 Å². The number of rotatable bonds is 5. The van der Waals surface area contributed by atoms with Crippen LogP contribution >= 0.6 is 0 Å². The van der Waals surface area contributed by atoms with Crippen LogP contribution in [0.5, 0.6) is 0 Å². The number of benzene rings is 2. The molecule has 2 amide bonds. The van der Waals surface area contributed by atoms with Crippen LogP contribution in [-0.4, -0.2) is 30.2 Å². The molecule has 0 spiro atoms. The highest BCUT2D eigenvalue weighted by atomic mass is 16.5. The second-order valence-electron chi connectivity index (χ2n) is 8.83. The average Bonchev–Trinajstić information content (AvgIpc) is 3.47. The van der Waals surface area contributed by atoms with Gasteiger partial charge in [-0.15, -0.1) is 0 Å². The average molecular weight is 429 g/mol. The number of carbonyl (C=O) groups excluding carboxylic acids is 4. The first-order chi connectivity index (χ1) is 15.4. The summed E-state index contributed by atoms with van der Waals surface area (Å²) in [7, 11) is 0. The highest BCUT2D eigenvalue weighted by Crippen LogP contribution is 2.53. The van der Waals surface area contributed by atoms with Crippen molar-refractivity contribution >= 4 is 29.3 Å². The molecule has 1 saturated carbocycles. The molecule has 2 fully saturated rings. The van der Waals surface area contributed by atoms with Gasteiger partial charge in [-0.3, -0.25) is 14.4 Å². The van der Waals surface area contributed by atoms with E-state index in [1.54, 1.807) is 30.3 Å². The summed E-state index contributed by atoms with van der Waals surface area (Å²) in [6.45, 7) is 3.45. The number of Topliss-reactive ketones (excluding diaryl/α,β-unsaturated/α-hetero) is 1. The largest absolute Gasteiger partial charge is 0.454 e. The number of esters is 1. The normalized spacial score (nSPS) is 25.4. The number of ether oxygens (including phenoxy) is 1. The maximum atomic E-state index is 13.1. The van der Waals surface area contributed by atoms with Gasteiger partial charge >= 0.3 is 5.97 Å². The van der Waals surface area contributed by atoms with Gasteiger partial charge in [0, 0.05) is 5.56 Å². The Morgan fingerprint density at radius 3 is 2.25 bits per heavy atom. The van der Waals surface area contributed by atoms with Crippen molar-refractivity contribution in [3.8, 4) is 0 Å². The molecule has 4 atom stereocenters. The van der Waals surface area contributed by atoms with Crippen LogP contribution in [0.25, 0.3) is 0 Å². The summed E-state index contributed by atoms with van der Waals surface area (Å²) in [6, 6.07) is 11.7. The number of aryl methyl sites for hydroxylation is 2. The third-order valence-corrected chi connectivity index (χ3v) is 7.00. The van der Waals surface area contributed by atoms with Crippen LogP contribution in [0.4, 0.5) is 5.69 Å². The van der Waals surface area contributed by atoms with Crippen molar-refractivity contribution < 1.29 is 23.9 Å². The van der Waals surface area contributed by atoms with Gasteiger partial charge in [0.25, 0.3) is 0 Å². The summed E-state index contributed by atoms with van der Waals surface area (Å²) in [5, 5.41) is 0. The molecule has 5 rings (SSSR count). The molecule has 2 aromatic rings. The number of anilines is 1. The lowest BCUT2D eigenvalue weighted by atomic mass is 9.85. The molecule has 162 valence electrons. The maximum Gasteiger partial charge on any atom is 0.340 e. The Bertz CT molecular complexity index is 1170. The Morgan fingerprint density at radius 2 is 1.59 bits per heavy atom. The van der Waals surface area contributed by atoms with Gasteiger partial charge in [0.1, 0.15) is 0 Å². The number of hydrogen-bond acceptors (Lipinski definition) is 5. The minimum atomic E-state index is -0.739. The van der Waals surface area contributed by atoms with E-state index >= 15 is 0 Å². The number of nitrogens with zero attached hydrogens (tertiary/aromatic N) is 1. The number of hydrogen-bond donors (Lipinski definition) is 0. The molecule has 0 unspecified atom stereocenters. The zero-order valence-electron chi connectivity index (χ0n) is 17.9. The molecule has 0 aromatic heterocycles. The van der Waals surface area contributed by atoms with E-state index in [4.69, 9.17) is 4.74 Å². The summed E-state index contributed by atoms with van der Waals surface area (Å²) in [5.41, 5.74) is 2.84. The summed E-state index contributed by atoms with van der Waals surface area (Å²) in [5.74, 6) is -2.12. The minimum Gasteiger partial charge on any atom is -0.454 e. The Kier molecular flexibility index (Phi) is 4.81. The van der Waals surface area contributed by atoms with Gasteiger partial charge < -0.3 is 4.74 Å². The van der Waals surface area contributed by atoms with Gasteiger partial charge in [-0.2, -0.15) is 0 Å². The Balaban J connectivity index is 1.35. The maximum absolute atomic E-state index is 13.1. The minimum absolute atomic E-state index is 0.0844. The molecule has 2 bridgehead atoms. The van der Waals surface area contributed by atoms with Crippen molar-refractivity contribution in [2.75, 3.05) is 11.5 Å². The van der Waals surface area contributed by atoms with E-state index in [0.29, 0.717) is 5.56 Å². The topological polar surface area (TPSA) is 80.8 Å². The van der Waals surface area contributed by atoms with Crippen molar-refractivity contribution in [2.24, 2.45) is 23.7 Å². The zero-order valence-corrected chi connectivity index (χ0v) is 17.9. The number of amides is 2. The molecule has 2 aliphatic carbocycles. The second kappa shape index (κ2) is 7.55. The van der Waals surface area contributed by atoms with Crippen molar-refractivity contribution in [1.82, 2.24) is 0 Å². The van der Waals surface area contributed by atoms with E-state index in [2.05, 4.69) is 0 Å². The van der Waals surface area contributed by atoms with Crippen LogP contribution < -0.4 is 4.90 Å². The third kappa shape index (κ3) is 3.09. The smallest absolute Gasteiger partial charge is 0.340 e. The molecule has 1 aliphatic heterocycles. The zero-order chi connectivity index (χ0) is 22.6. The molecule has 1 saturated heterocycles. The Hall–Kier alpha value is -3.54. The van der Waals surface area contributed by atoms with Gasteiger partial charge in [-0.25, -0.2) is 9.69 Å². The molecular formula is C26H23NO5. The van der Waals surface area contributed by atoms with Crippen LogP contribution in [0.2, 0.25) is 0 Å². The van der Waals surface area contributed by atoms with Crippen LogP contribution in [-0.2, 0) is 14.3 Å². The molecule has 0 radical (unpaired) electrons. The molecular weight excluding hydrogens is 406 g/mol. The monoisotopic (exact) mass is 429 g/mol. The lowest BCUT2D eigenvalue weighted by Gasteiger charge is -2.20. The molecule has 0 N–H and O–H groups in total. The van der Waals surface area contributed by atoms with Crippen molar-refractivity contribution in [3.05, 3.63) is 76.9 Å². The van der Waals surface area contributed by atoms with Crippen molar-refractivity contribution in [1.29, 1.82) is 0 Å². The molecule has 3 aliphatic rings. The molecule has 6 heteroatoms. The number of fused-ring (bicyclic) bond motifs is 5. The third-order valence-electron chi connectivity index (χ3n) is 7.00. The SMILES string of the molecule is Cc1ccc(C(=O)COC(=O)c2ccccc2N2C(=O)[C@H]3[C@H](C2=O)[C@H]2C=C[C@H]3C2)cc1C. The summed E-state index contributed by atoms with van der Waals surface area (Å²) >= 11 is 0. The fourth-order valence-electron chi connectivity index (χ4n) is 5.19. The van der Waals surface area contributed by atoms with E-state index in [0.717, 1.165) is 22.4 Å². The summed E-state index contributed by atoms with van der Waals surface area (Å²) in [6.07, 6.45) is 4.89. The van der Waals surface area contributed by atoms with E-state index in [-0.39, 0.29) is 52.5 Å². The van der Waals surface area contributed by atoms with Crippen molar-refractivity contribution in [3.63, 3.8) is 0 Å². The van der Waals surface area contributed by atoms with Crippen LogP contribution in [0, 0.1) is 37.5 Å². The fraction of sp³-hybridized carbons (Fsp3) is 0.308. The molecule has 1 heterocycles. The lowest BCUT2D eigenvalue weighted by molar-refractivity contribution is -0.123. The van der Waals surface area contributed by atoms with Gasteiger partial charge in [0.15, 0.2) is 12.4 Å². The first-order valence-electron chi connectivity index (χ1n) is 10.8.